The number of hydrogen-bond acceptors (Lipinski definition) is 5. The van der Waals surface area contributed by atoms with Crippen molar-refractivity contribution in [2.45, 2.75) is 9.79 Å². The van der Waals surface area contributed by atoms with Gasteiger partial charge in [0.25, 0.3) is 0 Å². The Labute approximate surface area is 129 Å². The van der Waals surface area contributed by atoms with E-state index in [1.165, 1.54) is 18.3 Å². The monoisotopic (exact) mass is 371 g/mol. The minimum atomic E-state index is -1.53. The molecule has 0 aliphatic carbocycles. The van der Waals surface area contributed by atoms with E-state index < -0.39 is 22.2 Å². The summed E-state index contributed by atoms with van der Waals surface area (Å²) >= 11 is 3.81. The second-order valence-electron chi connectivity index (χ2n) is 3.68. The molecule has 0 aliphatic rings. The average molecular weight is 372 g/mol. The summed E-state index contributed by atoms with van der Waals surface area (Å²) in [7, 11) is 0. The molecule has 1 heterocycles. The van der Waals surface area contributed by atoms with Gasteiger partial charge in [0.1, 0.15) is 11.8 Å². The highest BCUT2D eigenvalue weighted by atomic mass is 79.9. The fraction of sp³-hybridized carbons (Fsp3) is 0. The van der Waals surface area contributed by atoms with E-state index in [-0.39, 0.29) is 15.1 Å². The summed E-state index contributed by atoms with van der Waals surface area (Å²) in [5.41, 5.74) is -0.824. The van der Waals surface area contributed by atoms with E-state index in [4.69, 9.17) is 5.26 Å². The minimum Gasteiger partial charge on any atom is -0.258 e. The Hall–Kier alpha value is -2.05. The van der Waals surface area contributed by atoms with Crippen LogP contribution in [-0.2, 0) is 0 Å². The number of aromatic nitrogens is 1. The van der Waals surface area contributed by atoms with Crippen LogP contribution in [-0.4, -0.2) is 9.91 Å². The quantitative estimate of drug-likeness (QED) is 0.461. The number of rotatable bonds is 3. The maximum atomic E-state index is 13.9. The first-order valence-corrected chi connectivity index (χ1v) is 6.91. The highest BCUT2D eigenvalue weighted by molar-refractivity contribution is 9.10. The molecule has 5 nitrogen and oxygen atoms in total. The molecule has 0 amide bonds. The lowest BCUT2D eigenvalue weighted by Crippen LogP contribution is -1.98. The van der Waals surface area contributed by atoms with Gasteiger partial charge in [-0.15, -0.1) is 0 Å². The topological polar surface area (TPSA) is 79.8 Å². The molecule has 0 radical (unpaired) electrons. The second kappa shape index (κ2) is 6.15. The molecule has 0 atom stereocenters. The van der Waals surface area contributed by atoms with Gasteiger partial charge in [0.05, 0.1) is 9.82 Å². The number of nitro benzene ring substituents is 1. The third-order valence-corrected chi connectivity index (χ3v) is 4.34. The Morgan fingerprint density at radius 1 is 1.38 bits per heavy atom. The third-order valence-electron chi connectivity index (χ3n) is 2.36. The van der Waals surface area contributed by atoms with Gasteiger partial charge in [0, 0.05) is 21.6 Å². The summed E-state index contributed by atoms with van der Waals surface area (Å²) in [5.74, 6) is -2.85. The van der Waals surface area contributed by atoms with Gasteiger partial charge in [-0.1, -0.05) is 11.8 Å². The molecular weight excluding hydrogens is 368 g/mol. The minimum absolute atomic E-state index is 0.0495. The highest BCUT2D eigenvalue weighted by Crippen LogP contribution is 2.39. The molecule has 0 unspecified atom stereocenters. The summed E-state index contributed by atoms with van der Waals surface area (Å²) in [4.78, 5) is 13.7. The van der Waals surface area contributed by atoms with Crippen LogP contribution in [0.1, 0.15) is 5.69 Å². The number of hydrogen-bond donors (Lipinski definition) is 0. The van der Waals surface area contributed by atoms with Crippen LogP contribution in [0.4, 0.5) is 14.5 Å². The van der Waals surface area contributed by atoms with Gasteiger partial charge in [-0.3, -0.25) is 10.1 Å². The first-order valence-electron chi connectivity index (χ1n) is 5.30. The van der Waals surface area contributed by atoms with Crippen molar-refractivity contribution in [2.75, 3.05) is 0 Å². The highest BCUT2D eigenvalue weighted by Gasteiger charge is 2.25. The number of nitrogens with zero attached hydrogens (tertiary/aromatic N) is 3. The largest absolute Gasteiger partial charge is 0.309 e. The predicted octanol–water partition coefficient (Wildman–Crippen LogP) is 4.05. The molecule has 0 saturated carbocycles. The van der Waals surface area contributed by atoms with Crippen LogP contribution in [0.5, 0.6) is 0 Å². The maximum absolute atomic E-state index is 13.9. The predicted molar refractivity (Wildman–Crippen MR) is 73.8 cm³/mol. The number of nitro groups is 1. The van der Waals surface area contributed by atoms with Gasteiger partial charge in [0.2, 0.25) is 5.82 Å². The Kier molecular flexibility index (Phi) is 4.50. The molecule has 1 aromatic carbocycles. The molecular formula is C12H4BrF2N3O2S. The van der Waals surface area contributed by atoms with Crippen molar-refractivity contribution < 1.29 is 13.7 Å². The molecule has 0 N–H and O–H groups in total. The zero-order valence-electron chi connectivity index (χ0n) is 10.0. The lowest BCUT2D eigenvalue weighted by Gasteiger charge is -2.07. The Morgan fingerprint density at radius 2 is 2.10 bits per heavy atom. The van der Waals surface area contributed by atoms with Crippen LogP contribution in [0, 0.1) is 33.1 Å². The average Bonchev–Trinajstić information content (AvgIpc) is 2.47. The Balaban J connectivity index is 2.48. The number of halogens is 3. The van der Waals surface area contributed by atoms with Gasteiger partial charge in [-0.2, -0.15) is 9.65 Å². The first-order chi connectivity index (χ1) is 9.93. The summed E-state index contributed by atoms with van der Waals surface area (Å²) < 4.78 is 27.6. The van der Waals surface area contributed by atoms with Crippen LogP contribution < -0.4 is 0 Å². The molecule has 9 heteroatoms. The van der Waals surface area contributed by atoms with E-state index >= 15 is 0 Å². The molecule has 106 valence electrons. The van der Waals surface area contributed by atoms with E-state index in [9.17, 15) is 18.9 Å². The van der Waals surface area contributed by atoms with Crippen LogP contribution in [0.3, 0.4) is 0 Å². The van der Waals surface area contributed by atoms with Gasteiger partial charge in [-0.25, -0.2) is 9.37 Å². The Bertz CT molecular complexity index is 780. The van der Waals surface area contributed by atoms with Crippen molar-refractivity contribution in [2.24, 2.45) is 0 Å². The van der Waals surface area contributed by atoms with Crippen LogP contribution in [0.15, 0.2) is 38.7 Å². The lowest BCUT2D eigenvalue weighted by molar-refractivity contribution is -0.387. The number of benzene rings is 1. The van der Waals surface area contributed by atoms with Crippen molar-refractivity contribution in [3.8, 4) is 6.07 Å². The van der Waals surface area contributed by atoms with Gasteiger partial charge in [0.15, 0.2) is 5.82 Å². The molecule has 0 saturated heterocycles. The first kappa shape index (κ1) is 15.3. The summed E-state index contributed by atoms with van der Waals surface area (Å²) in [6.45, 7) is 0. The zero-order valence-corrected chi connectivity index (χ0v) is 12.4. The van der Waals surface area contributed by atoms with Crippen LogP contribution >= 0.6 is 27.7 Å². The van der Waals surface area contributed by atoms with Crippen molar-refractivity contribution in [1.29, 1.82) is 5.26 Å². The Morgan fingerprint density at radius 3 is 2.71 bits per heavy atom. The van der Waals surface area contributed by atoms with E-state index in [0.29, 0.717) is 4.90 Å². The maximum Gasteiger partial charge on any atom is 0.309 e. The zero-order chi connectivity index (χ0) is 15.6. The van der Waals surface area contributed by atoms with Crippen LogP contribution in [0.2, 0.25) is 0 Å². The van der Waals surface area contributed by atoms with Crippen molar-refractivity contribution in [3.05, 3.63) is 56.3 Å². The van der Waals surface area contributed by atoms with Gasteiger partial charge < -0.3 is 0 Å². The van der Waals surface area contributed by atoms with Crippen LogP contribution in [0.25, 0.3) is 0 Å². The lowest BCUT2D eigenvalue weighted by atomic mass is 10.3. The smallest absolute Gasteiger partial charge is 0.258 e. The summed E-state index contributed by atoms with van der Waals surface area (Å²) in [6.07, 6.45) is 1.36. The molecule has 0 fully saturated rings. The van der Waals surface area contributed by atoms with Crippen molar-refractivity contribution >= 4 is 33.4 Å². The standard InChI is InChI=1S/C12H4BrF2N3O2S/c13-8-4-9(18(19)20)10(14)11(15)12(8)21-7-1-2-17-6(3-7)5-16/h1-4H. The fourth-order valence-electron chi connectivity index (χ4n) is 1.45. The fourth-order valence-corrected chi connectivity index (χ4v) is 2.95. The SMILES string of the molecule is N#Cc1cc(Sc2c(Br)cc([N+](=O)[O-])c(F)c2F)ccn1. The summed E-state index contributed by atoms with van der Waals surface area (Å²) in [5, 5.41) is 19.3. The van der Waals surface area contributed by atoms with Crippen molar-refractivity contribution in [1.82, 2.24) is 4.98 Å². The second-order valence-corrected chi connectivity index (χ2v) is 5.62. The molecule has 2 rings (SSSR count). The van der Waals surface area contributed by atoms with Crippen molar-refractivity contribution in [3.63, 3.8) is 0 Å². The van der Waals surface area contributed by atoms with E-state index in [2.05, 4.69) is 20.9 Å². The van der Waals surface area contributed by atoms with E-state index in [1.54, 1.807) is 0 Å². The summed E-state index contributed by atoms with van der Waals surface area (Å²) in [6, 6.07) is 5.63. The van der Waals surface area contributed by atoms with E-state index in [0.717, 1.165) is 17.8 Å². The van der Waals surface area contributed by atoms with Gasteiger partial charge >= 0.3 is 5.69 Å². The normalized spacial score (nSPS) is 10.2. The molecule has 1 aromatic heterocycles. The number of nitriles is 1. The molecule has 0 aliphatic heterocycles. The molecule has 2 aromatic rings. The third kappa shape index (κ3) is 3.17. The molecule has 21 heavy (non-hydrogen) atoms. The van der Waals surface area contributed by atoms with E-state index in [1.807, 2.05) is 6.07 Å². The van der Waals surface area contributed by atoms with Gasteiger partial charge in [-0.05, 0) is 28.1 Å². The molecule has 0 spiro atoms. The number of pyridine rings is 1. The molecule has 0 bridgehead atoms.